The number of benzene rings is 1. The first kappa shape index (κ1) is 21.9. The topological polar surface area (TPSA) is 93.1 Å². The van der Waals surface area contributed by atoms with Gasteiger partial charge in [0.15, 0.2) is 5.16 Å². The molecule has 1 heterocycles. The van der Waals surface area contributed by atoms with Crippen LogP contribution < -0.4 is 16.2 Å². The van der Waals surface area contributed by atoms with Crippen molar-refractivity contribution in [2.45, 2.75) is 64.0 Å². The maximum Gasteiger partial charge on any atom is 0.321 e. The summed E-state index contributed by atoms with van der Waals surface area (Å²) in [6, 6.07) is 6.59. The van der Waals surface area contributed by atoms with Gasteiger partial charge in [0.2, 0.25) is 5.91 Å². The Labute approximate surface area is 169 Å². The lowest BCUT2D eigenvalue weighted by Gasteiger charge is -2.17. The van der Waals surface area contributed by atoms with E-state index in [4.69, 9.17) is 0 Å². The Morgan fingerprint density at radius 2 is 1.82 bits per heavy atom. The molecule has 0 aliphatic rings. The van der Waals surface area contributed by atoms with E-state index in [1.54, 1.807) is 23.6 Å². The largest absolute Gasteiger partial charge is 0.336 e. The fourth-order valence-electron chi connectivity index (χ4n) is 2.55. The molecule has 3 amide bonds. The first-order valence-corrected chi connectivity index (χ1v) is 10.3. The lowest BCUT2D eigenvalue weighted by Crippen LogP contribution is -2.45. The number of carbonyl (C=O) groups excluding carboxylic acids is 2. The van der Waals surface area contributed by atoms with Gasteiger partial charge >= 0.3 is 6.03 Å². The normalized spacial score (nSPS) is 12.4. The minimum atomic E-state index is -0.587. The van der Waals surface area contributed by atoms with Crippen molar-refractivity contribution in [2.24, 2.45) is 5.92 Å². The molecule has 0 spiro atoms. The van der Waals surface area contributed by atoms with Gasteiger partial charge in [0.1, 0.15) is 0 Å². The van der Waals surface area contributed by atoms with Crippen LogP contribution in [0.25, 0.3) is 10.9 Å². The van der Waals surface area contributed by atoms with Crippen LogP contribution in [0.15, 0.2) is 34.2 Å². The highest BCUT2D eigenvalue weighted by Crippen LogP contribution is 2.23. The summed E-state index contributed by atoms with van der Waals surface area (Å²) in [6.07, 6.45) is 0.824. The number of amides is 3. The van der Waals surface area contributed by atoms with Crippen LogP contribution in [0.3, 0.4) is 0 Å². The molecule has 0 saturated heterocycles. The molecule has 152 valence electrons. The van der Waals surface area contributed by atoms with E-state index in [0.717, 1.165) is 6.42 Å². The van der Waals surface area contributed by atoms with Crippen LogP contribution >= 0.6 is 11.8 Å². The Balaban J connectivity index is 2.28. The standard InChI is InChI=1S/C20H28N4O3S/c1-12(2)10-11-24-18(26)15-8-6-7-9-16(15)22-20(24)28-14(5)17(25)23-19(27)21-13(3)4/h6-9,12-14H,10-11H2,1-5H3,(H2,21,23,25,27)/t14-/m1/s1. The number of rotatable bonds is 7. The molecule has 2 rings (SSSR count). The number of aromatic nitrogens is 2. The van der Waals surface area contributed by atoms with E-state index < -0.39 is 17.2 Å². The quantitative estimate of drug-likeness (QED) is 0.546. The summed E-state index contributed by atoms with van der Waals surface area (Å²) >= 11 is 1.18. The molecule has 0 fully saturated rings. The van der Waals surface area contributed by atoms with E-state index in [2.05, 4.69) is 29.5 Å². The highest BCUT2D eigenvalue weighted by Gasteiger charge is 2.21. The maximum absolute atomic E-state index is 13.0. The molecular formula is C20H28N4O3S. The van der Waals surface area contributed by atoms with Gasteiger partial charge in [-0.2, -0.15) is 0 Å². The number of urea groups is 1. The fourth-order valence-corrected chi connectivity index (χ4v) is 3.48. The summed E-state index contributed by atoms with van der Waals surface area (Å²) in [5, 5.41) is 5.40. The first-order chi connectivity index (χ1) is 13.2. The van der Waals surface area contributed by atoms with Gasteiger partial charge in [-0.15, -0.1) is 0 Å². The number of fused-ring (bicyclic) bond motifs is 1. The third-order valence-electron chi connectivity index (χ3n) is 4.06. The van der Waals surface area contributed by atoms with E-state index in [1.165, 1.54) is 11.8 Å². The van der Waals surface area contributed by atoms with Crippen molar-refractivity contribution in [3.05, 3.63) is 34.6 Å². The molecule has 1 aromatic heterocycles. The number of thioether (sulfide) groups is 1. The zero-order chi connectivity index (χ0) is 20.8. The lowest BCUT2D eigenvalue weighted by atomic mass is 10.1. The highest BCUT2D eigenvalue weighted by molar-refractivity contribution is 8.00. The van der Waals surface area contributed by atoms with E-state index in [-0.39, 0.29) is 11.6 Å². The SMILES string of the molecule is CC(C)CCn1c(S[C@H](C)C(=O)NC(=O)NC(C)C)nc2ccccc2c1=O. The second-order valence-corrected chi connectivity index (χ2v) is 8.74. The van der Waals surface area contributed by atoms with Crippen molar-refractivity contribution < 1.29 is 9.59 Å². The molecule has 28 heavy (non-hydrogen) atoms. The minimum Gasteiger partial charge on any atom is -0.336 e. The van der Waals surface area contributed by atoms with Gasteiger partial charge in [-0.05, 0) is 45.2 Å². The third-order valence-corrected chi connectivity index (χ3v) is 5.15. The van der Waals surface area contributed by atoms with Gasteiger partial charge < -0.3 is 5.32 Å². The van der Waals surface area contributed by atoms with Crippen molar-refractivity contribution in [1.82, 2.24) is 20.2 Å². The van der Waals surface area contributed by atoms with Gasteiger partial charge in [0, 0.05) is 12.6 Å². The zero-order valence-electron chi connectivity index (χ0n) is 17.0. The molecule has 7 nitrogen and oxygen atoms in total. The van der Waals surface area contributed by atoms with Gasteiger partial charge in [-0.25, -0.2) is 9.78 Å². The summed E-state index contributed by atoms with van der Waals surface area (Å²) in [5.74, 6) is -0.00219. The molecule has 2 N–H and O–H groups in total. The molecule has 1 aromatic carbocycles. The van der Waals surface area contributed by atoms with Crippen molar-refractivity contribution in [3.8, 4) is 0 Å². The second-order valence-electron chi connectivity index (χ2n) is 7.43. The number of nitrogens with one attached hydrogen (secondary N) is 2. The Kier molecular flexibility index (Phi) is 7.62. The molecule has 0 unspecified atom stereocenters. The molecule has 8 heteroatoms. The fraction of sp³-hybridized carbons (Fsp3) is 0.500. The smallest absolute Gasteiger partial charge is 0.321 e. The molecule has 0 aliphatic carbocycles. The predicted molar refractivity (Wildman–Crippen MR) is 113 cm³/mol. The van der Waals surface area contributed by atoms with Crippen LogP contribution in [0.4, 0.5) is 4.79 Å². The number of carbonyl (C=O) groups is 2. The average Bonchev–Trinajstić information content (AvgIpc) is 2.60. The Bertz CT molecular complexity index is 908. The van der Waals surface area contributed by atoms with Gasteiger partial charge in [0.25, 0.3) is 5.56 Å². The zero-order valence-corrected chi connectivity index (χ0v) is 17.8. The van der Waals surface area contributed by atoms with Gasteiger partial charge in [0.05, 0.1) is 16.2 Å². The Morgan fingerprint density at radius 3 is 2.46 bits per heavy atom. The summed E-state index contributed by atoms with van der Waals surface area (Å²) in [4.78, 5) is 41.7. The van der Waals surface area contributed by atoms with Crippen molar-refractivity contribution in [1.29, 1.82) is 0 Å². The predicted octanol–water partition coefficient (Wildman–Crippen LogP) is 3.16. The maximum atomic E-state index is 13.0. The molecular weight excluding hydrogens is 376 g/mol. The van der Waals surface area contributed by atoms with E-state index in [1.807, 2.05) is 26.0 Å². The molecule has 0 saturated carbocycles. The summed E-state index contributed by atoms with van der Waals surface area (Å²) < 4.78 is 1.63. The third kappa shape index (κ3) is 5.82. The summed E-state index contributed by atoms with van der Waals surface area (Å²) in [5.41, 5.74) is 0.486. The second kappa shape index (κ2) is 9.73. The highest BCUT2D eigenvalue weighted by atomic mass is 32.2. The van der Waals surface area contributed by atoms with Crippen LogP contribution in [-0.4, -0.2) is 32.8 Å². The van der Waals surface area contributed by atoms with E-state index in [9.17, 15) is 14.4 Å². The van der Waals surface area contributed by atoms with Crippen molar-refractivity contribution in [2.75, 3.05) is 0 Å². The number of nitrogens with zero attached hydrogens (tertiary/aromatic N) is 2. The summed E-state index contributed by atoms with van der Waals surface area (Å²) in [7, 11) is 0. The Hall–Kier alpha value is -2.35. The van der Waals surface area contributed by atoms with Crippen LogP contribution in [0.5, 0.6) is 0 Å². The molecule has 0 aliphatic heterocycles. The van der Waals surface area contributed by atoms with Crippen molar-refractivity contribution >= 4 is 34.6 Å². The monoisotopic (exact) mass is 404 g/mol. The van der Waals surface area contributed by atoms with E-state index in [0.29, 0.717) is 28.5 Å². The number of para-hydroxylation sites is 1. The molecule has 0 radical (unpaired) electrons. The van der Waals surface area contributed by atoms with Gasteiger partial charge in [-0.1, -0.05) is 37.7 Å². The lowest BCUT2D eigenvalue weighted by molar-refractivity contribution is -0.119. The van der Waals surface area contributed by atoms with Crippen LogP contribution in [0, 0.1) is 5.92 Å². The van der Waals surface area contributed by atoms with Crippen LogP contribution in [0.2, 0.25) is 0 Å². The van der Waals surface area contributed by atoms with Crippen LogP contribution in [0.1, 0.15) is 41.0 Å². The Morgan fingerprint density at radius 1 is 1.14 bits per heavy atom. The average molecular weight is 405 g/mol. The van der Waals surface area contributed by atoms with E-state index >= 15 is 0 Å². The minimum absolute atomic E-state index is 0.0703. The first-order valence-electron chi connectivity index (χ1n) is 9.46. The number of hydrogen-bond acceptors (Lipinski definition) is 5. The number of hydrogen-bond donors (Lipinski definition) is 2. The summed E-state index contributed by atoms with van der Waals surface area (Å²) in [6.45, 7) is 10.0. The van der Waals surface area contributed by atoms with Gasteiger partial charge in [-0.3, -0.25) is 19.5 Å². The van der Waals surface area contributed by atoms with Crippen LogP contribution in [-0.2, 0) is 11.3 Å². The molecule has 1 atom stereocenters. The number of imide groups is 1. The van der Waals surface area contributed by atoms with Crippen molar-refractivity contribution in [3.63, 3.8) is 0 Å². The molecule has 0 bridgehead atoms. The molecule has 2 aromatic rings.